The zero-order chi connectivity index (χ0) is 19.2. The van der Waals surface area contributed by atoms with Crippen molar-refractivity contribution in [2.75, 3.05) is 26.7 Å². The second kappa shape index (κ2) is 9.28. The Morgan fingerprint density at radius 3 is 2.70 bits per heavy atom. The Morgan fingerprint density at radius 2 is 2.07 bits per heavy atom. The number of piperidine rings is 1. The number of rotatable bonds is 6. The van der Waals surface area contributed by atoms with Gasteiger partial charge in [-0.1, -0.05) is 6.07 Å². The average Bonchev–Trinajstić information content (AvgIpc) is 3.07. The molecular weight excluding hydrogens is 358 g/mol. The zero-order valence-electron chi connectivity index (χ0n) is 16.4. The van der Waals surface area contributed by atoms with E-state index in [-0.39, 0.29) is 6.03 Å². The first kappa shape index (κ1) is 19.8. The van der Waals surface area contributed by atoms with Crippen molar-refractivity contribution in [2.24, 2.45) is 5.92 Å². The standard InChI is InChI=1S/C20H29N5OS/c1-15-4-5-18(21-10-15)12-24(3)20(26)22-11-17-6-8-25(9-7-17)13-19-14-27-16(2)23-19/h4-5,10,14,17H,6-9,11-13H2,1-3H3,(H,22,26). The van der Waals surface area contributed by atoms with Gasteiger partial charge < -0.3 is 10.2 Å². The highest BCUT2D eigenvalue weighted by atomic mass is 32.1. The lowest BCUT2D eigenvalue weighted by atomic mass is 9.97. The summed E-state index contributed by atoms with van der Waals surface area (Å²) < 4.78 is 0. The smallest absolute Gasteiger partial charge is 0.317 e. The van der Waals surface area contributed by atoms with Gasteiger partial charge in [0.25, 0.3) is 0 Å². The molecule has 0 unspecified atom stereocenters. The fourth-order valence-corrected chi connectivity index (χ4v) is 3.94. The predicted octanol–water partition coefficient (Wildman–Crippen LogP) is 3.21. The Hall–Kier alpha value is -1.99. The number of nitrogens with zero attached hydrogens (tertiary/aromatic N) is 4. The number of likely N-dealkylation sites (tertiary alicyclic amines) is 1. The molecule has 0 radical (unpaired) electrons. The second-order valence-electron chi connectivity index (χ2n) is 7.45. The molecule has 0 aromatic carbocycles. The summed E-state index contributed by atoms with van der Waals surface area (Å²) >= 11 is 1.71. The summed E-state index contributed by atoms with van der Waals surface area (Å²) in [5.74, 6) is 0.549. The van der Waals surface area contributed by atoms with E-state index in [4.69, 9.17) is 0 Å². The number of carbonyl (C=O) groups is 1. The highest BCUT2D eigenvalue weighted by molar-refractivity contribution is 7.09. The van der Waals surface area contributed by atoms with Crippen molar-refractivity contribution in [3.63, 3.8) is 0 Å². The normalized spacial score (nSPS) is 15.7. The summed E-state index contributed by atoms with van der Waals surface area (Å²) in [6.45, 7) is 8.41. The molecule has 2 aromatic heterocycles. The molecule has 2 amide bonds. The van der Waals surface area contributed by atoms with Crippen LogP contribution in [-0.4, -0.2) is 52.5 Å². The molecule has 0 spiro atoms. The van der Waals surface area contributed by atoms with Gasteiger partial charge in [-0.05, 0) is 57.3 Å². The summed E-state index contributed by atoms with van der Waals surface area (Å²) in [6, 6.07) is 3.96. The fourth-order valence-electron chi connectivity index (χ4n) is 3.33. The number of pyridine rings is 1. The minimum atomic E-state index is -0.0299. The van der Waals surface area contributed by atoms with Crippen LogP contribution in [0.4, 0.5) is 4.79 Å². The molecule has 2 aromatic rings. The van der Waals surface area contributed by atoms with Crippen LogP contribution in [0, 0.1) is 19.8 Å². The highest BCUT2D eigenvalue weighted by Gasteiger charge is 2.21. The molecular formula is C20H29N5OS. The number of carbonyl (C=O) groups excluding carboxylic acids is 1. The molecule has 7 heteroatoms. The van der Waals surface area contributed by atoms with E-state index in [9.17, 15) is 4.79 Å². The molecule has 146 valence electrons. The van der Waals surface area contributed by atoms with Gasteiger partial charge in [0, 0.05) is 31.7 Å². The fraction of sp³-hybridized carbons (Fsp3) is 0.550. The van der Waals surface area contributed by atoms with Crippen molar-refractivity contribution in [3.05, 3.63) is 45.7 Å². The maximum absolute atomic E-state index is 12.3. The molecule has 0 bridgehead atoms. The molecule has 6 nitrogen and oxygen atoms in total. The molecule has 1 N–H and O–H groups in total. The number of amides is 2. The Labute approximate surface area is 165 Å². The van der Waals surface area contributed by atoms with Gasteiger partial charge in [0.1, 0.15) is 0 Å². The van der Waals surface area contributed by atoms with Crippen molar-refractivity contribution in [1.82, 2.24) is 25.1 Å². The molecule has 3 rings (SSSR count). The largest absolute Gasteiger partial charge is 0.338 e. The number of aromatic nitrogens is 2. The van der Waals surface area contributed by atoms with E-state index >= 15 is 0 Å². The Balaban J connectivity index is 1.36. The maximum atomic E-state index is 12.3. The van der Waals surface area contributed by atoms with Gasteiger partial charge in [0.15, 0.2) is 0 Å². The summed E-state index contributed by atoms with van der Waals surface area (Å²) in [7, 11) is 1.81. The van der Waals surface area contributed by atoms with Gasteiger partial charge in [-0.3, -0.25) is 9.88 Å². The van der Waals surface area contributed by atoms with Crippen LogP contribution >= 0.6 is 11.3 Å². The maximum Gasteiger partial charge on any atom is 0.317 e. The first-order valence-electron chi connectivity index (χ1n) is 9.53. The van der Waals surface area contributed by atoms with Crippen LogP contribution in [0.5, 0.6) is 0 Å². The molecule has 1 saturated heterocycles. The Morgan fingerprint density at radius 1 is 1.30 bits per heavy atom. The lowest BCUT2D eigenvalue weighted by molar-refractivity contribution is 0.169. The van der Waals surface area contributed by atoms with Crippen LogP contribution in [0.2, 0.25) is 0 Å². The van der Waals surface area contributed by atoms with Gasteiger partial charge >= 0.3 is 6.03 Å². The average molecular weight is 388 g/mol. The number of hydrogen-bond donors (Lipinski definition) is 1. The van der Waals surface area contributed by atoms with Crippen molar-refractivity contribution in [3.8, 4) is 0 Å². The molecule has 1 aliphatic heterocycles. The van der Waals surface area contributed by atoms with E-state index in [1.54, 1.807) is 16.2 Å². The lowest BCUT2D eigenvalue weighted by Crippen LogP contribution is -2.42. The molecule has 0 aliphatic carbocycles. The molecule has 3 heterocycles. The van der Waals surface area contributed by atoms with Crippen molar-refractivity contribution in [1.29, 1.82) is 0 Å². The van der Waals surface area contributed by atoms with Crippen molar-refractivity contribution in [2.45, 2.75) is 39.8 Å². The van der Waals surface area contributed by atoms with E-state index in [1.165, 1.54) is 5.69 Å². The van der Waals surface area contributed by atoms with Crippen LogP contribution in [0.3, 0.4) is 0 Å². The molecule has 0 atom stereocenters. The van der Waals surface area contributed by atoms with Crippen molar-refractivity contribution < 1.29 is 4.79 Å². The lowest BCUT2D eigenvalue weighted by Gasteiger charge is -2.31. The summed E-state index contributed by atoms with van der Waals surface area (Å²) in [6.07, 6.45) is 4.07. The topological polar surface area (TPSA) is 61.4 Å². The van der Waals surface area contributed by atoms with E-state index in [0.717, 1.165) is 55.3 Å². The minimum Gasteiger partial charge on any atom is -0.338 e. The summed E-state index contributed by atoms with van der Waals surface area (Å²) in [4.78, 5) is 25.4. The van der Waals surface area contributed by atoms with E-state index in [1.807, 2.05) is 32.3 Å². The number of aryl methyl sites for hydroxylation is 2. The van der Waals surface area contributed by atoms with Gasteiger partial charge in [-0.15, -0.1) is 11.3 Å². The first-order chi connectivity index (χ1) is 13.0. The monoisotopic (exact) mass is 387 g/mol. The van der Waals surface area contributed by atoms with Gasteiger partial charge in [0.2, 0.25) is 0 Å². The van der Waals surface area contributed by atoms with Gasteiger partial charge in [-0.2, -0.15) is 0 Å². The summed E-state index contributed by atoms with van der Waals surface area (Å²) in [5, 5.41) is 6.37. The Bertz CT molecular complexity index is 737. The number of thiazole rings is 1. The Kier molecular flexibility index (Phi) is 6.79. The van der Waals surface area contributed by atoms with E-state index in [0.29, 0.717) is 12.5 Å². The van der Waals surface area contributed by atoms with Crippen LogP contribution < -0.4 is 5.32 Å². The first-order valence-corrected chi connectivity index (χ1v) is 10.4. The quantitative estimate of drug-likeness (QED) is 0.827. The number of nitrogens with one attached hydrogen (secondary N) is 1. The van der Waals surface area contributed by atoms with Gasteiger partial charge in [-0.25, -0.2) is 9.78 Å². The molecule has 1 fully saturated rings. The third kappa shape index (κ3) is 6.01. The van der Waals surface area contributed by atoms with E-state index < -0.39 is 0 Å². The third-order valence-corrected chi connectivity index (χ3v) is 5.84. The van der Waals surface area contributed by atoms with Crippen LogP contribution in [0.1, 0.15) is 34.8 Å². The zero-order valence-corrected chi connectivity index (χ0v) is 17.3. The predicted molar refractivity (Wildman–Crippen MR) is 109 cm³/mol. The number of hydrogen-bond acceptors (Lipinski definition) is 5. The second-order valence-corrected chi connectivity index (χ2v) is 8.51. The van der Waals surface area contributed by atoms with Crippen LogP contribution in [-0.2, 0) is 13.1 Å². The molecule has 1 aliphatic rings. The van der Waals surface area contributed by atoms with E-state index in [2.05, 4.69) is 32.5 Å². The highest BCUT2D eigenvalue weighted by Crippen LogP contribution is 2.19. The van der Waals surface area contributed by atoms with Crippen LogP contribution in [0.25, 0.3) is 0 Å². The molecule has 0 saturated carbocycles. The van der Waals surface area contributed by atoms with Crippen molar-refractivity contribution >= 4 is 17.4 Å². The molecule has 27 heavy (non-hydrogen) atoms. The van der Waals surface area contributed by atoms with Crippen LogP contribution in [0.15, 0.2) is 23.7 Å². The SMILES string of the molecule is Cc1ccc(CN(C)C(=O)NCC2CCN(Cc3csc(C)n3)CC2)nc1. The summed E-state index contributed by atoms with van der Waals surface area (Å²) in [5.41, 5.74) is 3.21. The number of urea groups is 1. The van der Waals surface area contributed by atoms with Gasteiger partial charge in [0.05, 0.1) is 22.9 Å². The third-order valence-electron chi connectivity index (χ3n) is 5.02. The minimum absolute atomic E-state index is 0.0299.